The number of aromatic amines is 1. The first-order valence-electron chi connectivity index (χ1n) is 9.26. The van der Waals surface area contributed by atoms with Crippen molar-refractivity contribution < 1.29 is 13.2 Å². The summed E-state index contributed by atoms with van der Waals surface area (Å²) in [7, 11) is -3.44. The van der Waals surface area contributed by atoms with E-state index < -0.39 is 15.7 Å². The lowest BCUT2D eigenvalue weighted by Crippen LogP contribution is -2.14. The fourth-order valence-electron chi connectivity index (χ4n) is 3.04. The molecule has 1 heterocycles. The third-order valence-electron chi connectivity index (χ3n) is 4.73. The molecule has 4 aromatic rings. The molecule has 0 saturated carbocycles. The zero-order valence-electron chi connectivity index (χ0n) is 16.0. The molecule has 0 radical (unpaired) electrons. The van der Waals surface area contributed by atoms with Gasteiger partial charge < -0.3 is 10.3 Å². The van der Waals surface area contributed by atoms with Crippen LogP contribution in [0, 0.1) is 0 Å². The van der Waals surface area contributed by atoms with Crippen LogP contribution in [0.5, 0.6) is 0 Å². The third-order valence-corrected chi connectivity index (χ3v) is 6.79. The first kappa shape index (κ1) is 20.1. The Kier molecular flexibility index (Phi) is 5.32. The number of hydrogen-bond donors (Lipinski definition) is 2. The predicted octanol–water partition coefficient (Wildman–Crippen LogP) is 4.93. The number of hydrogen-bond acceptors (Lipinski definition) is 4. The normalized spacial score (nSPS) is 11.5. The number of carbonyl (C=O) groups excluding carboxylic acids is 1. The minimum absolute atomic E-state index is 0.0566. The van der Waals surface area contributed by atoms with Crippen LogP contribution in [0.4, 0.5) is 5.69 Å². The van der Waals surface area contributed by atoms with E-state index in [1.807, 2.05) is 36.4 Å². The highest BCUT2D eigenvalue weighted by atomic mass is 35.5. The fourth-order valence-corrected chi connectivity index (χ4v) is 4.15. The van der Waals surface area contributed by atoms with E-state index in [1.54, 1.807) is 19.1 Å². The zero-order valence-corrected chi connectivity index (χ0v) is 17.6. The molecular weight excluding hydrogens is 422 g/mol. The Hall–Kier alpha value is -3.16. The topological polar surface area (TPSA) is 91.9 Å². The number of aromatic nitrogens is 2. The largest absolute Gasteiger partial charge is 0.338 e. The van der Waals surface area contributed by atoms with Gasteiger partial charge in [0.05, 0.1) is 32.3 Å². The summed E-state index contributed by atoms with van der Waals surface area (Å²) in [4.78, 5) is 20.5. The maximum atomic E-state index is 12.7. The number of benzene rings is 3. The second-order valence-electron chi connectivity index (χ2n) is 6.68. The molecule has 0 atom stereocenters. The van der Waals surface area contributed by atoms with Crippen molar-refractivity contribution in [3.8, 4) is 11.4 Å². The molecule has 0 spiro atoms. The van der Waals surface area contributed by atoms with Crippen molar-refractivity contribution in [3.05, 3.63) is 77.3 Å². The Labute approximate surface area is 178 Å². The Morgan fingerprint density at radius 2 is 1.80 bits per heavy atom. The monoisotopic (exact) mass is 439 g/mol. The summed E-state index contributed by atoms with van der Waals surface area (Å²) in [5, 5.41) is 2.93. The summed E-state index contributed by atoms with van der Waals surface area (Å²) >= 11 is 6.13. The van der Waals surface area contributed by atoms with E-state index in [-0.39, 0.29) is 21.2 Å². The lowest BCUT2D eigenvalue weighted by atomic mass is 10.1. The average molecular weight is 440 g/mol. The Bertz CT molecular complexity index is 1310. The molecule has 152 valence electrons. The lowest BCUT2D eigenvalue weighted by Gasteiger charge is -2.09. The van der Waals surface area contributed by atoms with Gasteiger partial charge in [-0.2, -0.15) is 0 Å². The van der Waals surface area contributed by atoms with E-state index in [4.69, 9.17) is 11.6 Å². The third kappa shape index (κ3) is 3.94. The number of anilines is 1. The molecule has 0 saturated heterocycles. The molecule has 30 heavy (non-hydrogen) atoms. The van der Waals surface area contributed by atoms with Gasteiger partial charge in [0.2, 0.25) is 0 Å². The number of H-pyrrole nitrogens is 1. The van der Waals surface area contributed by atoms with Gasteiger partial charge in [-0.15, -0.1) is 0 Å². The quantitative estimate of drug-likeness (QED) is 0.461. The molecule has 0 unspecified atom stereocenters. The van der Waals surface area contributed by atoms with Crippen molar-refractivity contribution in [1.29, 1.82) is 0 Å². The molecule has 4 rings (SSSR count). The van der Waals surface area contributed by atoms with Gasteiger partial charge in [-0.25, -0.2) is 13.4 Å². The number of nitrogens with zero attached hydrogens (tertiary/aromatic N) is 1. The second-order valence-corrected chi connectivity index (χ2v) is 9.36. The van der Waals surface area contributed by atoms with Gasteiger partial charge >= 0.3 is 0 Å². The standard InChI is InChI=1S/C22H18ClN3O3S/c1-2-30(28,29)16-11-12-18(23)17(13-16)22(27)24-15-9-7-14(8-10-15)21-25-19-5-3-4-6-20(19)26-21/h3-13H,2H2,1H3,(H,24,27)(H,25,26). The van der Waals surface area contributed by atoms with Crippen LogP contribution in [-0.2, 0) is 9.84 Å². The number of imidazole rings is 1. The van der Waals surface area contributed by atoms with Crippen LogP contribution >= 0.6 is 11.6 Å². The highest BCUT2D eigenvalue weighted by Gasteiger charge is 2.17. The number of fused-ring (bicyclic) bond motifs is 1. The van der Waals surface area contributed by atoms with Crippen LogP contribution in [0.2, 0.25) is 5.02 Å². The molecule has 0 aliphatic heterocycles. The van der Waals surface area contributed by atoms with Crippen LogP contribution in [0.15, 0.2) is 71.6 Å². The van der Waals surface area contributed by atoms with Gasteiger partial charge in [-0.3, -0.25) is 4.79 Å². The number of halogens is 1. The van der Waals surface area contributed by atoms with Crippen molar-refractivity contribution >= 4 is 44.1 Å². The van der Waals surface area contributed by atoms with Crippen molar-refractivity contribution in [1.82, 2.24) is 9.97 Å². The summed E-state index contributed by atoms with van der Waals surface area (Å²) in [5.41, 5.74) is 3.35. The van der Waals surface area contributed by atoms with Gasteiger partial charge in [0.15, 0.2) is 9.84 Å². The Morgan fingerprint density at radius 3 is 2.50 bits per heavy atom. The summed E-state index contributed by atoms with van der Waals surface area (Å²) in [6.07, 6.45) is 0. The maximum absolute atomic E-state index is 12.7. The summed E-state index contributed by atoms with van der Waals surface area (Å²) < 4.78 is 24.2. The van der Waals surface area contributed by atoms with Gasteiger partial charge in [0.1, 0.15) is 5.82 Å². The molecule has 0 aliphatic carbocycles. The van der Waals surface area contributed by atoms with Gasteiger partial charge in [-0.05, 0) is 54.6 Å². The lowest BCUT2D eigenvalue weighted by molar-refractivity contribution is 0.102. The van der Waals surface area contributed by atoms with Crippen LogP contribution < -0.4 is 5.32 Å². The molecule has 1 aromatic heterocycles. The van der Waals surface area contributed by atoms with Crippen LogP contribution in [0.25, 0.3) is 22.4 Å². The van der Waals surface area contributed by atoms with E-state index in [1.165, 1.54) is 18.2 Å². The Balaban J connectivity index is 1.56. The smallest absolute Gasteiger partial charge is 0.257 e. The zero-order chi connectivity index (χ0) is 21.3. The van der Waals surface area contributed by atoms with Gasteiger partial charge in [0.25, 0.3) is 5.91 Å². The van der Waals surface area contributed by atoms with Crippen LogP contribution in [0.1, 0.15) is 17.3 Å². The highest BCUT2D eigenvalue weighted by molar-refractivity contribution is 7.91. The van der Waals surface area contributed by atoms with Gasteiger partial charge in [0, 0.05) is 11.3 Å². The SMILES string of the molecule is CCS(=O)(=O)c1ccc(Cl)c(C(=O)Nc2ccc(-c3nc4ccccc4[nH]3)cc2)c1. The van der Waals surface area contributed by atoms with Gasteiger partial charge in [-0.1, -0.05) is 30.7 Å². The van der Waals surface area contributed by atoms with E-state index in [0.29, 0.717) is 5.69 Å². The molecule has 1 amide bonds. The van der Waals surface area contributed by atoms with Crippen molar-refractivity contribution in [2.75, 3.05) is 11.1 Å². The first-order chi connectivity index (χ1) is 14.4. The molecule has 2 N–H and O–H groups in total. The predicted molar refractivity (Wildman–Crippen MR) is 119 cm³/mol. The number of rotatable bonds is 5. The highest BCUT2D eigenvalue weighted by Crippen LogP contribution is 2.25. The fraction of sp³-hybridized carbons (Fsp3) is 0.0909. The number of amides is 1. The molecule has 0 aliphatic rings. The minimum Gasteiger partial charge on any atom is -0.338 e. The van der Waals surface area contributed by atoms with E-state index >= 15 is 0 Å². The molecule has 0 fully saturated rings. The summed E-state index contributed by atoms with van der Waals surface area (Å²) in [6, 6.07) is 19.1. The second kappa shape index (κ2) is 7.93. The van der Waals surface area contributed by atoms with Crippen LogP contribution in [0.3, 0.4) is 0 Å². The summed E-state index contributed by atoms with van der Waals surface area (Å²) in [5.74, 6) is 0.193. The van der Waals surface area contributed by atoms with Crippen LogP contribution in [-0.4, -0.2) is 30.0 Å². The summed E-state index contributed by atoms with van der Waals surface area (Å²) in [6.45, 7) is 1.55. The molecule has 8 heteroatoms. The molecule has 0 bridgehead atoms. The number of sulfone groups is 1. The maximum Gasteiger partial charge on any atom is 0.257 e. The number of nitrogens with one attached hydrogen (secondary N) is 2. The van der Waals surface area contributed by atoms with Crippen molar-refractivity contribution in [2.45, 2.75) is 11.8 Å². The molecule has 6 nitrogen and oxygen atoms in total. The first-order valence-corrected chi connectivity index (χ1v) is 11.3. The average Bonchev–Trinajstić information content (AvgIpc) is 3.18. The minimum atomic E-state index is -3.44. The molecular formula is C22H18ClN3O3S. The number of para-hydroxylation sites is 2. The number of carbonyl (C=O) groups is 1. The van der Waals surface area contributed by atoms with E-state index in [9.17, 15) is 13.2 Å². The van der Waals surface area contributed by atoms with E-state index in [2.05, 4.69) is 15.3 Å². The van der Waals surface area contributed by atoms with Crippen molar-refractivity contribution in [3.63, 3.8) is 0 Å². The van der Waals surface area contributed by atoms with Crippen molar-refractivity contribution in [2.24, 2.45) is 0 Å². The van der Waals surface area contributed by atoms with E-state index in [0.717, 1.165) is 22.4 Å². The molecule has 3 aromatic carbocycles. The Morgan fingerprint density at radius 1 is 1.07 bits per heavy atom.